The Labute approximate surface area is 177 Å². The molecule has 0 aliphatic carbocycles. The van der Waals surface area contributed by atoms with Crippen molar-refractivity contribution in [3.8, 4) is 0 Å². The van der Waals surface area contributed by atoms with Crippen molar-refractivity contribution in [2.24, 2.45) is 14.1 Å². The molecule has 3 aromatic rings. The van der Waals surface area contributed by atoms with E-state index in [1.54, 1.807) is 25.1 Å². The Balaban J connectivity index is 1.84. The Bertz CT molecular complexity index is 1390. The van der Waals surface area contributed by atoms with Gasteiger partial charge in [0.25, 0.3) is 0 Å². The lowest BCUT2D eigenvalue weighted by molar-refractivity contribution is -0.115. The molecule has 1 N–H and O–H groups in total. The van der Waals surface area contributed by atoms with Crippen LogP contribution in [0.2, 0.25) is 5.02 Å². The first-order valence-corrected chi connectivity index (χ1v) is 11.0. The van der Waals surface area contributed by atoms with Crippen LogP contribution in [0.15, 0.2) is 50.9 Å². The number of hydrogen-bond acceptors (Lipinski definition) is 5. The zero-order chi connectivity index (χ0) is 22.2. The highest BCUT2D eigenvalue weighted by Gasteiger charge is 2.19. The number of benzene rings is 2. The van der Waals surface area contributed by atoms with Crippen LogP contribution in [0.1, 0.15) is 12.0 Å². The minimum atomic E-state index is -3.80. The summed E-state index contributed by atoms with van der Waals surface area (Å²) in [5.74, 6) is -0.872. The quantitative estimate of drug-likeness (QED) is 0.599. The van der Waals surface area contributed by atoms with Gasteiger partial charge in [-0.25, -0.2) is 8.42 Å². The average Bonchev–Trinajstić information content (AvgIpc) is 2.72. The van der Waals surface area contributed by atoms with Gasteiger partial charge in [0.05, 0.1) is 21.7 Å². The van der Waals surface area contributed by atoms with Crippen molar-refractivity contribution < 1.29 is 13.2 Å². The van der Waals surface area contributed by atoms with Gasteiger partial charge in [0.15, 0.2) is 9.84 Å². The van der Waals surface area contributed by atoms with E-state index in [-0.39, 0.29) is 11.3 Å². The molecule has 2 aromatic carbocycles. The van der Waals surface area contributed by atoms with Gasteiger partial charge < -0.3 is 14.5 Å². The molecule has 3 rings (SSSR count). The lowest BCUT2D eigenvalue weighted by atomic mass is 10.2. The molecule has 0 bridgehead atoms. The number of rotatable bonds is 5. The summed E-state index contributed by atoms with van der Waals surface area (Å²) < 4.78 is 27.8. The summed E-state index contributed by atoms with van der Waals surface area (Å²) in [4.78, 5) is 36.2. The molecule has 8 nitrogen and oxygen atoms in total. The molecular weight excluding hydrogens is 430 g/mol. The minimum absolute atomic E-state index is 0.0321. The number of amides is 1. The van der Waals surface area contributed by atoms with E-state index >= 15 is 0 Å². The minimum Gasteiger partial charge on any atom is -0.326 e. The number of aryl methyl sites for hydroxylation is 2. The Morgan fingerprint density at radius 1 is 1.03 bits per heavy atom. The van der Waals surface area contributed by atoms with Gasteiger partial charge >= 0.3 is 11.1 Å². The zero-order valence-corrected chi connectivity index (χ0v) is 18.2. The van der Waals surface area contributed by atoms with E-state index in [1.165, 1.54) is 36.9 Å². The van der Waals surface area contributed by atoms with Gasteiger partial charge in [-0.15, -0.1) is 0 Å². The summed E-state index contributed by atoms with van der Waals surface area (Å²) in [7, 11) is -0.947. The van der Waals surface area contributed by atoms with Crippen LogP contribution in [0.25, 0.3) is 11.0 Å². The number of hydrogen-bond donors (Lipinski definition) is 1. The highest BCUT2D eigenvalue weighted by Crippen LogP contribution is 2.23. The third kappa shape index (κ3) is 4.03. The molecule has 0 spiro atoms. The maximum Gasteiger partial charge on any atom is 0.316 e. The van der Waals surface area contributed by atoms with Crippen LogP contribution < -0.4 is 16.4 Å². The highest BCUT2D eigenvalue weighted by atomic mass is 35.5. The predicted molar refractivity (Wildman–Crippen MR) is 116 cm³/mol. The summed E-state index contributed by atoms with van der Waals surface area (Å²) in [6, 6.07) is 9.24. The van der Waals surface area contributed by atoms with Gasteiger partial charge in [-0.3, -0.25) is 14.4 Å². The Morgan fingerprint density at radius 3 is 2.33 bits per heavy atom. The second kappa shape index (κ2) is 8.08. The van der Waals surface area contributed by atoms with Gasteiger partial charge in [-0.1, -0.05) is 17.7 Å². The second-order valence-electron chi connectivity index (χ2n) is 6.91. The normalized spacial score (nSPS) is 11.6. The van der Waals surface area contributed by atoms with Crippen molar-refractivity contribution in [3.63, 3.8) is 0 Å². The third-order valence-electron chi connectivity index (χ3n) is 4.96. The van der Waals surface area contributed by atoms with Crippen LogP contribution in [0, 0.1) is 6.92 Å². The molecule has 1 aromatic heterocycles. The lowest BCUT2D eigenvalue weighted by Crippen LogP contribution is -2.39. The molecule has 158 valence electrons. The lowest BCUT2D eigenvalue weighted by Gasteiger charge is -2.12. The monoisotopic (exact) mass is 449 g/mol. The van der Waals surface area contributed by atoms with Crippen LogP contribution in [0.4, 0.5) is 5.69 Å². The smallest absolute Gasteiger partial charge is 0.316 e. The standard InChI is InChI=1S/C20H20ClN3O5S/c1-12-14(21)5-4-6-15(12)22-18(25)9-10-30(28,29)13-7-8-16-17(11-13)24(3)20(27)19(26)23(16)2/h4-8,11H,9-10H2,1-3H3,(H,22,25). The largest absolute Gasteiger partial charge is 0.326 e. The first-order chi connectivity index (χ1) is 14.0. The number of sulfone groups is 1. The molecule has 0 radical (unpaired) electrons. The van der Waals surface area contributed by atoms with Crippen molar-refractivity contribution in [3.05, 3.63) is 67.7 Å². The summed E-state index contributed by atoms with van der Waals surface area (Å²) >= 11 is 6.03. The highest BCUT2D eigenvalue weighted by molar-refractivity contribution is 7.91. The maximum atomic E-state index is 12.7. The summed E-state index contributed by atoms with van der Waals surface area (Å²) in [6.07, 6.45) is -0.251. The van der Waals surface area contributed by atoms with Crippen LogP contribution in [-0.2, 0) is 28.7 Å². The van der Waals surface area contributed by atoms with Gasteiger partial charge in [0, 0.05) is 31.2 Å². The SMILES string of the molecule is Cc1c(Cl)cccc1NC(=O)CCS(=O)(=O)c1ccc2c(c1)n(C)c(=O)c(=O)n2C. The van der Waals surface area contributed by atoms with Crippen molar-refractivity contribution >= 4 is 44.1 Å². The van der Waals surface area contributed by atoms with Crippen molar-refractivity contribution in [1.29, 1.82) is 0 Å². The molecule has 0 unspecified atom stereocenters. The molecule has 0 saturated carbocycles. The van der Waals surface area contributed by atoms with Gasteiger partial charge in [0.1, 0.15) is 0 Å². The fourth-order valence-electron chi connectivity index (χ4n) is 3.06. The van der Waals surface area contributed by atoms with E-state index in [0.29, 0.717) is 27.3 Å². The fraction of sp³-hybridized carbons (Fsp3) is 0.250. The maximum absolute atomic E-state index is 12.7. The first-order valence-electron chi connectivity index (χ1n) is 9.00. The number of nitrogens with one attached hydrogen (secondary N) is 1. The van der Waals surface area contributed by atoms with Crippen molar-refractivity contribution in [2.75, 3.05) is 11.1 Å². The fourth-order valence-corrected chi connectivity index (χ4v) is 4.49. The molecule has 1 heterocycles. The Kier molecular flexibility index (Phi) is 5.87. The van der Waals surface area contributed by atoms with Crippen molar-refractivity contribution in [1.82, 2.24) is 9.13 Å². The van der Waals surface area contributed by atoms with E-state index in [0.717, 1.165) is 4.57 Å². The van der Waals surface area contributed by atoms with E-state index in [1.807, 2.05) is 0 Å². The van der Waals surface area contributed by atoms with E-state index in [2.05, 4.69) is 5.32 Å². The van der Waals surface area contributed by atoms with Crippen LogP contribution in [0.3, 0.4) is 0 Å². The van der Waals surface area contributed by atoms with E-state index in [4.69, 9.17) is 11.6 Å². The topological polar surface area (TPSA) is 107 Å². The number of carbonyl (C=O) groups excluding carboxylic acids is 1. The molecule has 0 aliphatic heterocycles. The van der Waals surface area contributed by atoms with Crippen LogP contribution >= 0.6 is 11.6 Å². The molecule has 0 aliphatic rings. The second-order valence-corrected chi connectivity index (χ2v) is 9.42. The predicted octanol–water partition coefficient (Wildman–Crippen LogP) is 2.00. The van der Waals surface area contributed by atoms with Gasteiger partial charge in [-0.2, -0.15) is 0 Å². The number of carbonyl (C=O) groups is 1. The van der Waals surface area contributed by atoms with Gasteiger partial charge in [0.2, 0.25) is 5.91 Å². The van der Waals surface area contributed by atoms with Crippen molar-refractivity contribution in [2.45, 2.75) is 18.2 Å². The molecule has 10 heteroatoms. The van der Waals surface area contributed by atoms with Gasteiger partial charge in [-0.05, 0) is 42.8 Å². The zero-order valence-electron chi connectivity index (χ0n) is 16.6. The summed E-state index contributed by atoms with van der Waals surface area (Å²) in [5, 5.41) is 3.16. The third-order valence-corrected chi connectivity index (χ3v) is 7.08. The Morgan fingerprint density at radius 2 is 1.67 bits per heavy atom. The molecular formula is C20H20ClN3O5S. The van der Waals surface area contributed by atoms with Crippen LogP contribution in [-0.4, -0.2) is 29.2 Å². The number of fused-ring (bicyclic) bond motifs is 1. The molecule has 0 atom stereocenters. The average molecular weight is 450 g/mol. The first kappa shape index (κ1) is 21.8. The number of halogens is 1. The van der Waals surface area contributed by atoms with E-state index < -0.39 is 32.6 Å². The molecule has 0 fully saturated rings. The molecule has 1 amide bonds. The number of nitrogens with zero attached hydrogens (tertiary/aromatic N) is 2. The van der Waals surface area contributed by atoms with Crippen LogP contribution in [0.5, 0.6) is 0 Å². The molecule has 30 heavy (non-hydrogen) atoms. The Hall–Kier alpha value is -2.91. The molecule has 0 saturated heterocycles. The van der Waals surface area contributed by atoms with E-state index in [9.17, 15) is 22.8 Å². The summed E-state index contributed by atoms with van der Waals surface area (Å²) in [6.45, 7) is 1.75. The number of anilines is 1. The number of aromatic nitrogens is 2. The summed E-state index contributed by atoms with van der Waals surface area (Å²) in [5.41, 5.74) is 0.491.